The van der Waals surface area contributed by atoms with Crippen molar-refractivity contribution in [3.63, 3.8) is 0 Å². The first-order valence-electron chi connectivity index (χ1n) is 6.17. The van der Waals surface area contributed by atoms with Gasteiger partial charge in [-0.05, 0) is 42.3 Å². The zero-order valence-corrected chi connectivity index (χ0v) is 11.5. The minimum atomic E-state index is -0.347. The van der Waals surface area contributed by atoms with Gasteiger partial charge in [-0.25, -0.2) is 0 Å². The number of hydrogen-bond acceptors (Lipinski definition) is 3. The van der Waals surface area contributed by atoms with Crippen LogP contribution in [-0.2, 0) is 6.42 Å². The van der Waals surface area contributed by atoms with Crippen LogP contribution in [0.5, 0.6) is 5.75 Å². The monoisotopic (exact) mass is 290 g/mol. The second kappa shape index (κ2) is 6.30. The van der Waals surface area contributed by atoms with Crippen molar-refractivity contribution < 1.29 is 9.90 Å². The van der Waals surface area contributed by atoms with Crippen LogP contribution in [-0.4, -0.2) is 17.6 Å². The van der Waals surface area contributed by atoms with Crippen LogP contribution in [0.3, 0.4) is 0 Å². The van der Waals surface area contributed by atoms with Gasteiger partial charge in [-0.1, -0.05) is 23.7 Å². The Morgan fingerprint density at radius 3 is 2.60 bits per heavy atom. The molecule has 0 heterocycles. The first-order chi connectivity index (χ1) is 9.56. The third-order valence-electron chi connectivity index (χ3n) is 2.88. The molecule has 4 N–H and O–H groups in total. The van der Waals surface area contributed by atoms with E-state index in [0.29, 0.717) is 23.7 Å². The van der Waals surface area contributed by atoms with Gasteiger partial charge < -0.3 is 16.2 Å². The van der Waals surface area contributed by atoms with Crippen molar-refractivity contribution in [2.24, 2.45) is 0 Å². The van der Waals surface area contributed by atoms with Crippen LogP contribution in [0.4, 0.5) is 5.69 Å². The molecule has 0 spiro atoms. The number of nitrogens with two attached hydrogens (primary N) is 1. The van der Waals surface area contributed by atoms with Crippen molar-refractivity contribution in [3.05, 3.63) is 58.6 Å². The SMILES string of the molecule is Nc1ccc(CCNC(=O)c2cc(Cl)ccc2O)cc1. The molecule has 4 nitrogen and oxygen atoms in total. The lowest BCUT2D eigenvalue weighted by atomic mass is 10.1. The van der Waals surface area contributed by atoms with Crippen molar-refractivity contribution in [1.29, 1.82) is 0 Å². The van der Waals surface area contributed by atoms with E-state index in [9.17, 15) is 9.90 Å². The Labute approximate surface area is 122 Å². The standard InChI is InChI=1S/C15H15ClN2O2/c16-11-3-6-14(19)13(9-11)15(20)18-8-7-10-1-4-12(17)5-2-10/h1-6,9,19H,7-8,17H2,(H,18,20). The summed E-state index contributed by atoms with van der Waals surface area (Å²) in [6.45, 7) is 0.467. The Balaban J connectivity index is 1.92. The van der Waals surface area contributed by atoms with Crippen molar-refractivity contribution in [3.8, 4) is 5.75 Å². The molecule has 2 aromatic carbocycles. The van der Waals surface area contributed by atoms with Crippen molar-refractivity contribution in [1.82, 2.24) is 5.32 Å². The summed E-state index contributed by atoms with van der Waals surface area (Å²) in [5.41, 5.74) is 7.56. The molecule has 0 saturated heterocycles. The number of nitrogen functional groups attached to an aromatic ring is 1. The Bertz CT molecular complexity index is 612. The number of nitrogens with one attached hydrogen (secondary N) is 1. The molecule has 0 atom stereocenters. The summed E-state index contributed by atoms with van der Waals surface area (Å²) in [6, 6.07) is 11.8. The fraction of sp³-hybridized carbons (Fsp3) is 0.133. The lowest BCUT2D eigenvalue weighted by molar-refractivity contribution is 0.0951. The summed E-state index contributed by atoms with van der Waals surface area (Å²) in [5, 5.41) is 12.8. The van der Waals surface area contributed by atoms with E-state index in [-0.39, 0.29) is 17.2 Å². The van der Waals surface area contributed by atoms with Gasteiger partial charge in [0.2, 0.25) is 0 Å². The second-order valence-electron chi connectivity index (χ2n) is 4.41. The lowest BCUT2D eigenvalue weighted by Crippen LogP contribution is -2.25. The molecular formula is C15H15ClN2O2. The third-order valence-corrected chi connectivity index (χ3v) is 3.12. The highest BCUT2D eigenvalue weighted by Crippen LogP contribution is 2.21. The molecule has 20 heavy (non-hydrogen) atoms. The maximum Gasteiger partial charge on any atom is 0.255 e. The summed E-state index contributed by atoms with van der Waals surface area (Å²) < 4.78 is 0. The topological polar surface area (TPSA) is 75.3 Å². The molecule has 0 radical (unpaired) electrons. The van der Waals surface area contributed by atoms with Gasteiger partial charge in [-0.15, -0.1) is 0 Å². The van der Waals surface area contributed by atoms with Crippen LogP contribution in [0, 0.1) is 0 Å². The number of amides is 1. The summed E-state index contributed by atoms with van der Waals surface area (Å²) >= 11 is 5.80. The van der Waals surface area contributed by atoms with Crippen molar-refractivity contribution in [2.45, 2.75) is 6.42 Å². The van der Waals surface area contributed by atoms with Gasteiger partial charge in [-0.2, -0.15) is 0 Å². The molecule has 0 aromatic heterocycles. The van der Waals surface area contributed by atoms with E-state index in [2.05, 4.69) is 5.32 Å². The number of aromatic hydroxyl groups is 1. The fourth-order valence-electron chi connectivity index (χ4n) is 1.79. The summed E-state index contributed by atoms with van der Waals surface area (Å²) in [5.74, 6) is -0.431. The Morgan fingerprint density at radius 1 is 1.20 bits per heavy atom. The van der Waals surface area contributed by atoms with Gasteiger partial charge in [0.25, 0.3) is 5.91 Å². The normalized spacial score (nSPS) is 10.2. The first kappa shape index (κ1) is 14.2. The zero-order chi connectivity index (χ0) is 14.5. The van der Waals surface area contributed by atoms with E-state index < -0.39 is 0 Å². The molecule has 2 aromatic rings. The highest BCUT2D eigenvalue weighted by atomic mass is 35.5. The molecule has 2 rings (SSSR count). The van der Waals surface area contributed by atoms with Crippen LogP contribution < -0.4 is 11.1 Å². The molecule has 0 fully saturated rings. The average Bonchev–Trinajstić information content (AvgIpc) is 2.43. The predicted molar refractivity (Wildman–Crippen MR) is 80.0 cm³/mol. The average molecular weight is 291 g/mol. The fourth-order valence-corrected chi connectivity index (χ4v) is 1.96. The Hall–Kier alpha value is -2.20. The Morgan fingerprint density at radius 2 is 1.90 bits per heavy atom. The van der Waals surface area contributed by atoms with Crippen LogP contribution in [0.25, 0.3) is 0 Å². The van der Waals surface area contributed by atoms with Crippen LogP contribution in [0.15, 0.2) is 42.5 Å². The van der Waals surface area contributed by atoms with Gasteiger partial charge >= 0.3 is 0 Å². The van der Waals surface area contributed by atoms with Crippen molar-refractivity contribution >= 4 is 23.2 Å². The zero-order valence-electron chi connectivity index (χ0n) is 10.8. The number of anilines is 1. The minimum Gasteiger partial charge on any atom is -0.507 e. The number of rotatable bonds is 4. The minimum absolute atomic E-state index is 0.0839. The van der Waals surface area contributed by atoms with Gasteiger partial charge in [0.15, 0.2) is 0 Å². The molecule has 0 saturated carbocycles. The van der Waals surface area contributed by atoms with E-state index >= 15 is 0 Å². The number of hydrogen-bond donors (Lipinski definition) is 3. The van der Waals surface area contributed by atoms with Gasteiger partial charge in [0, 0.05) is 17.3 Å². The van der Waals surface area contributed by atoms with Crippen LogP contribution in [0.1, 0.15) is 15.9 Å². The highest BCUT2D eigenvalue weighted by molar-refractivity contribution is 6.31. The molecule has 0 bridgehead atoms. The van der Waals surface area contributed by atoms with E-state index in [0.717, 1.165) is 5.56 Å². The molecule has 0 aliphatic carbocycles. The Kier molecular flexibility index (Phi) is 4.48. The van der Waals surface area contributed by atoms with Crippen LogP contribution in [0.2, 0.25) is 5.02 Å². The third kappa shape index (κ3) is 3.65. The lowest BCUT2D eigenvalue weighted by Gasteiger charge is -2.07. The quantitative estimate of drug-likeness (QED) is 0.758. The van der Waals surface area contributed by atoms with E-state index in [4.69, 9.17) is 17.3 Å². The molecular weight excluding hydrogens is 276 g/mol. The van der Waals surface area contributed by atoms with Crippen molar-refractivity contribution in [2.75, 3.05) is 12.3 Å². The number of carbonyl (C=O) groups excluding carboxylic acids is 1. The molecule has 0 aliphatic heterocycles. The summed E-state index contributed by atoms with van der Waals surface area (Å²) in [7, 11) is 0. The molecule has 104 valence electrons. The van der Waals surface area contributed by atoms with Crippen LogP contribution >= 0.6 is 11.6 Å². The second-order valence-corrected chi connectivity index (χ2v) is 4.85. The predicted octanol–water partition coefficient (Wildman–Crippen LogP) is 2.60. The molecule has 0 unspecified atom stereocenters. The van der Waals surface area contributed by atoms with Gasteiger partial charge in [0.05, 0.1) is 5.56 Å². The number of benzene rings is 2. The first-order valence-corrected chi connectivity index (χ1v) is 6.55. The van der Waals surface area contributed by atoms with E-state index in [1.165, 1.54) is 18.2 Å². The van der Waals surface area contributed by atoms with Gasteiger partial charge in [-0.3, -0.25) is 4.79 Å². The molecule has 5 heteroatoms. The molecule has 1 amide bonds. The maximum absolute atomic E-state index is 11.9. The number of phenolic OH excluding ortho intramolecular Hbond substituents is 1. The maximum atomic E-state index is 11.9. The summed E-state index contributed by atoms with van der Waals surface area (Å²) in [6.07, 6.45) is 0.688. The number of halogens is 1. The van der Waals surface area contributed by atoms with E-state index in [1.54, 1.807) is 0 Å². The number of phenols is 1. The number of carbonyl (C=O) groups is 1. The highest BCUT2D eigenvalue weighted by Gasteiger charge is 2.10. The summed E-state index contributed by atoms with van der Waals surface area (Å²) in [4.78, 5) is 11.9. The van der Waals surface area contributed by atoms with E-state index in [1.807, 2.05) is 24.3 Å². The van der Waals surface area contributed by atoms with Gasteiger partial charge in [0.1, 0.15) is 5.75 Å². The molecule has 0 aliphatic rings. The smallest absolute Gasteiger partial charge is 0.255 e. The largest absolute Gasteiger partial charge is 0.507 e.